The van der Waals surface area contributed by atoms with E-state index in [1.807, 2.05) is 24.3 Å². The molecule has 1 aromatic carbocycles. The molecule has 1 saturated heterocycles. The highest BCUT2D eigenvalue weighted by molar-refractivity contribution is 7.80. The number of ether oxygens (including phenoxy) is 1. The topological polar surface area (TPSA) is 38.5 Å². The molecule has 1 unspecified atom stereocenters. The maximum absolute atomic E-state index is 5.88. The van der Waals surface area contributed by atoms with Crippen molar-refractivity contribution in [1.29, 1.82) is 0 Å². The van der Waals surface area contributed by atoms with Crippen LogP contribution in [0.15, 0.2) is 24.3 Å². The minimum Gasteiger partial charge on any atom is -0.492 e. The van der Waals surface area contributed by atoms with E-state index < -0.39 is 0 Å². The van der Waals surface area contributed by atoms with E-state index >= 15 is 0 Å². The van der Waals surface area contributed by atoms with Crippen molar-refractivity contribution in [2.75, 3.05) is 19.7 Å². The Morgan fingerprint density at radius 2 is 2.20 bits per heavy atom. The first-order chi connectivity index (χ1) is 9.72. The van der Waals surface area contributed by atoms with Gasteiger partial charge in [0.05, 0.1) is 5.56 Å². The average molecular weight is 292 g/mol. The first-order valence-corrected chi connectivity index (χ1v) is 7.89. The number of rotatable bonds is 6. The normalized spacial score (nSPS) is 19.8. The molecule has 2 rings (SSSR count). The number of nitrogens with zero attached hydrogens (tertiary/aromatic N) is 1. The Bertz CT molecular complexity index is 450. The van der Waals surface area contributed by atoms with Crippen molar-refractivity contribution in [3.8, 4) is 5.75 Å². The number of benzene rings is 1. The fourth-order valence-electron chi connectivity index (χ4n) is 2.89. The van der Waals surface area contributed by atoms with E-state index in [0.717, 1.165) is 23.9 Å². The van der Waals surface area contributed by atoms with Crippen LogP contribution in [0, 0.1) is 0 Å². The van der Waals surface area contributed by atoms with Crippen molar-refractivity contribution in [3.63, 3.8) is 0 Å². The second-order valence-electron chi connectivity index (χ2n) is 5.30. The molecule has 2 N–H and O–H groups in total. The molecule has 20 heavy (non-hydrogen) atoms. The van der Waals surface area contributed by atoms with Crippen molar-refractivity contribution in [3.05, 3.63) is 29.8 Å². The number of hydrogen-bond acceptors (Lipinski definition) is 3. The maximum Gasteiger partial charge on any atom is 0.129 e. The fraction of sp³-hybridized carbons (Fsp3) is 0.562. The largest absolute Gasteiger partial charge is 0.492 e. The van der Waals surface area contributed by atoms with E-state index in [4.69, 9.17) is 22.7 Å². The van der Waals surface area contributed by atoms with Crippen LogP contribution in [-0.4, -0.2) is 35.6 Å². The summed E-state index contributed by atoms with van der Waals surface area (Å²) < 4.78 is 5.88. The molecule has 0 amide bonds. The van der Waals surface area contributed by atoms with Gasteiger partial charge in [-0.05, 0) is 37.9 Å². The van der Waals surface area contributed by atoms with E-state index in [9.17, 15) is 0 Å². The lowest BCUT2D eigenvalue weighted by atomic mass is 10.0. The number of nitrogens with two attached hydrogens (primary N) is 1. The lowest BCUT2D eigenvalue weighted by Crippen LogP contribution is -2.41. The Morgan fingerprint density at radius 3 is 2.95 bits per heavy atom. The molecular weight excluding hydrogens is 268 g/mol. The predicted molar refractivity (Wildman–Crippen MR) is 87.3 cm³/mol. The second-order valence-corrected chi connectivity index (χ2v) is 5.74. The van der Waals surface area contributed by atoms with Gasteiger partial charge in [0.25, 0.3) is 0 Å². The highest BCUT2D eigenvalue weighted by Crippen LogP contribution is 2.20. The summed E-state index contributed by atoms with van der Waals surface area (Å²) in [5.41, 5.74) is 6.54. The van der Waals surface area contributed by atoms with Crippen LogP contribution in [-0.2, 0) is 0 Å². The Hall–Kier alpha value is -1.13. The maximum atomic E-state index is 5.88. The van der Waals surface area contributed by atoms with Crippen LogP contribution in [0.2, 0.25) is 0 Å². The molecule has 0 spiro atoms. The van der Waals surface area contributed by atoms with Crippen LogP contribution in [0.4, 0.5) is 0 Å². The highest BCUT2D eigenvalue weighted by atomic mass is 32.1. The number of hydrogen-bond donors (Lipinski definition) is 1. The van der Waals surface area contributed by atoms with Crippen molar-refractivity contribution < 1.29 is 4.74 Å². The van der Waals surface area contributed by atoms with Crippen LogP contribution < -0.4 is 10.5 Å². The van der Waals surface area contributed by atoms with Gasteiger partial charge in [0.15, 0.2) is 0 Å². The third-order valence-corrected chi connectivity index (χ3v) is 4.23. The Labute approximate surface area is 127 Å². The smallest absolute Gasteiger partial charge is 0.129 e. The quantitative estimate of drug-likeness (QED) is 0.818. The highest BCUT2D eigenvalue weighted by Gasteiger charge is 2.20. The molecule has 0 saturated carbocycles. The molecule has 0 bridgehead atoms. The Morgan fingerprint density at radius 1 is 1.40 bits per heavy atom. The second kappa shape index (κ2) is 7.60. The minimum absolute atomic E-state index is 0.394. The first kappa shape index (κ1) is 15.3. The molecular formula is C16H24N2OS. The van der Waals surface area contributed by atoms with Gasteiger partial charge in [-0.2, -0.15) is 0 Å². The van der Waals surface area contributed by atoms with E-state index in [-0.39, 0.29) is 0 Å². The number of piperidine rings is 1. The molecule has 3 nitrogen and oxygen atoms in total. The van der Waals surface area contributed by atoms with Gasteiger partial charge in [0.2, 0.25) is 0 Å². The molecule has 1 aliphatic heterocycles. The molecule has 4 heteroatoms. The zero-order valence-electron chi connectivity index (χ0n) is 12.2. The average Bonchev–Trinajstić information content (AvgIpc) is 2.48. The van der Waals surface area contributed by atoms with Gasteiger partial charge >= 0.3 is 0 Å². The van der Waals surface area contributed by atoms with Crippen LogP contribution >= 0.6 is 12.2 Å². The number of thiocarbonyl (C=S) groups is 1. The van der Waals surface area contributed by atoms with Crippen LogP contribution in [0.25, 0.3) is 0 Å². The molecule has 0 aliphatic carbocycles. The Kier molecular flexibility index (Phi) is 5.80. The van der Waals surface area contributed by atoms with Gasteiger partial charge < -0.3 is 10.5 Å². The summed E-state index contributed by atoms with van der Waals surface area (Å²) in [5.74, 6) is 0.796. The van der Waals surface area contributed by atoms with Gasteiger partial charge in [-0.15, -0.1) is 0 Å². The van der Waals surface area contributed by atoms with Crippen LogP contribution in [0.1, 0.15) is 38.2 Å². The van der Waals surface area contributed by atoms with Crippen LogP contribution in [0.3, 0.4) is 0 Å². The molecule has 1 fully saturated rings. The summed E-state index contributed by atoms with van der Waals surface area (Å²) in [6.07, 6.45) is 5.21. The van der Waals surface area contributed by atoms with Gasteiger partial charge in [0, 0.05) is 12.6 Å². The number of para-hydroxylation sites is 1. The third kappa shape index (κ3) is 3.93. The zero-order valence-corrected chi connectivity index (χ0v) is 13.0. The minimum atomic E-state index is 0.394. The lowest BCUT2D eigenvalue weighted by Gasteiger charge is -2.35. The lowest BCUT2D eigenvalue weighted by molar-refractivity contribution is 0.120. The molecule has 1 aliphatic rings. The summed E-state index contributed by atoms with van der Waals surface area (Å²) >= 11 is 5.05. The SMILES string of the molecule is CCC1CCCCN1CCOc1ccccc1C(N)=S. The molecule has 0 aromatic heterocycles. The van der Waals surface area contributed by atoms with Crippen molar-refractivity contribution in [1.82, 2.24) is 4.90 Å². The van der Waals surface area contributed by atoms with Gasteiger partial charge in [0.1, 0.15) is 17.3 Å². The zero-order chi connectivity index (χ0) is 14.4. The van der Waals surface area contributed by atoms with Gasteiger partial charge in [-0.25, -0.2) is 0 Å². The monoisotopic (exact) mass is 292 g/mol. The van der Waals surface area contributed by atoms with Gasteiger partial charge in [-0.1, -0.05) is 37.7 Å². The van der Waals surface area contributed by atoms with E-state index in [2.05, 4.69) is 11.8 Å². The standard InChI is InChI=1S/C16H24N2OS/c1-2-13-7-5-6-10-18(13)11-12-19-15-9-4-3-8-14(15)16(17)20/h3-4,8-9,13H,2,5-7,10-12H2,1H3,(H2,17,20). The summed E-state index contributed by atoms with van der Waals surface area (Å²) in [5, 5.41) is 0. The van der Waals surface area contributed by atoms with Crippen LogP contribution in [0.5, 0.6) is 5.75 Å². The molecule has 1 atom stereocenters. The van der Waals surface area contributed by atoms with E-state index in [1.54, 1.807) is 0 Å². The molecule has 1 heterocycles. The molecule has 0 radical (unpaired) electrons. The summed E-state index contributed by atoms with van der Waals surface area (Å²) in [6, 6.07) is 8.44. The first-order valence-electron chi connectivity index (χ1n) is 7.48. The third-order valence-electron chi connectivity index (χ3n) is 4.01. The van der Waals surface area contributed by atoms with Crippen molar-refractivity contribution in [2.24, 2.45) is 5.73 Å². The van der Waals surface area contributed by atoms with Crippen molar-refractivity contribution in [2.45, 2.75) is 38.6 Å². The number of likely N-dealkylation sites (tertiary alicyclic amines) is 1. The summed E-state index contributed by atoms with van der Waals surface area (Å²) in [6.45, 7) is 5.13. The molecule has 1 aromatic rings. The van der Waals surface area contributed by atoms with E-state index in [0.29, 0.717) is 11.6 Å². The predicted octanol–water partition coefficient (Wildman–Crippen LogP) is 2.96. The molecule has 110 valence electrons. The summed E-state index contributed by atoms with van der Waals surface area (Å²) in [4.78, 5) is 2.94. The summed E-state index contributed by atoms with van der Waals surface area (Å²) in [7, 11) is 0. The fourth-order valence-corrected chi connectivity index (χ4v) is 3.05. The van der Waals surface area contributed by atoms with E-state index in [1.165, 1.54) is 32.2 Å². The Balaban J connectivity index is 1.88. The van der Waals surface area contributed by atoms with Crippen molar-refractivity contribution >= 4 is 17.2 Å². The van der Waals surface area contributed by atoms with Gasteiger partial charge in [-0.3, -0.25) is 4.90 Å².